The molecular weight excluding hydrogens is 272 g/mol. The molecule has 1 unspecified atom stereocenters. The van der Waals surface area contributed by atoms with Crippen molar-refractivity contribution in [1.29, 1.82) is 0 Å². The Balaban J connectivity index is 4.17. The van der Waals surface area contributed by atoms with Crippen molar-refractivity contribution in [2.75, 3.05) is 19.8 Å². The standard InChI is InChI=1S/C15H30O4Si/c1-7-8-9-10-17-11-14(12-18-20(4,5)6)19-15(16)13(2)3/h14H,2,7-12H2,1,3-6H3. The van der Waals surface area contributed by atoms with E-state index in [2.05, 4.69) is 33.1 Å². The van der Waals surface area contributed by atoms with Crippen LogP contribution < -0.4 is 0 Å². The molecule has 118 valence electrons. The molecule has 5 heteroatoms. The Bertz CT molecular complexity index is 297. The number of hydrogen-bond acceptors (Lipinski definition) is 4. The molecule has 0 aliphatic carbocycles. The first-order valence-corrected chi connectivity index (χ1v) is 10.7. The van der Waals surface area contributed by atoms with Crippen molar-refractivity contribution in [3.63, 3.8) is 0 Å². The van der Waals surface area contributed by atoms with Gasteiger partial charge in [0, 0.05) is 12.2 Å². The summed E-state index contributed by atoms with van der Waals surface area (Å²) in [5.74, 6) is -0.383. The van der Waals surface area contributed by atoms with Gasteiger partial charge in [-0.15, -0.1) is 0 Å². The highest BCUT2D eigenvalue weighted by molar-refractivity contribution is 6.69. The summed E-state index contributed by atoms with van der Waals surface area (Å²) in [7, 11) is -1.63. The Kier molecular flexibility index (Phi) is 9.80. The van der Waals surface area contributed by atoms with Gasteiger partial charge in [-0.25, -0.2) is 4.79 Å². The summed E-state index contributed by atoms with van der Waals surface area (Å²) in [6, 6.07) is 0. The van der Waals surface area contributed by atoms with Gasteiger partial charge in [-0.3, -0.25) is 0 Å². The number of rotatable bonds is 11. The highest BCUT2D eigenvalue weighted by Gasteiger charge is 2.21. The molecule has 0 aromatic heterocycles. The normalized spacial score (nSPS) is 13.1. The van der Waals surface area contributed by atoms with Crippen LogP contribution in [0.15, 0.2) is 12.2 Å². The van der Waals surface area contributed by atoms with Crippen LogP contribution in [0.3, 0.4) is 0 Å². The van der Waals surface area contributed by atoms with Crippen molar-refractivity contribution in [3.8, 4) is 0 Å². The summed E-state index contributed by atoms with van der Waals surface area (Å²) >= 11 is 0. The lowest BCUT2D eigenvalue weighted by Crippen LogP contribution is -2.35. The molecule has 0 aliphatic heterocycles. The number of ether oxygens (including phenoxy) is 2. The van der Waals surface area contributed by atoms with E-state index in [4.69, 9.17) is 13.9 Å². The molecule has 0 rings (SSSR count). The van der Waals surface area contributed by atoms with E-state index < -0.39 is 8.32 Å². The van der Waals surface area contributed by atoms with Gasteiger partial charge >= 0.3 is 5.97 Å². The van der Waals surface area contributed by atoms with Gasteiger partial charge in [-0.1, -0.05) is 26.3 Å². The van der Waals surface area contributed by atoms with Crippen molar-refractivity contribution in [2.24, 2.45) is 0 Å². The molecule has 1 atom stereocenters. The van der Waals surface area contributed by atoms with Gasteiger partial charge in [0.05, 0.1) is 13.2 Å². The van der Waals surface area contributed by atoms with Gasteiger partial charge in [0.25, 0.3) is 0 Å². The van der Waals surface area contributed by atoms with Crippen molar-refractivity contribution in [2.45, 2.75) is 58.9 Å². The molecule has 0 spiro atoms. The van der Waals surface area contributed by atoms with E-state index in [1.807, 2.05) is 0 Å². The average Bonchev–Trinajstić information content (AvgIpc) is 2.34. The number of carbonyl (C=O) groups is 1. The van der Waals surface area contributed by atoms with Crippen molar-refractivity contribution in [3.05, 3.63) is 12.2 Å². The van der Waals surface area contributed by atoms with Crippen LogP contribution in [-0.2, 0) is 18.7 Å². The average molecular weight is 302 g/mol. The molecule has 0 radical (unpaired) electrons. The highest BCUT2D eigenvalue weighted by atomic mass is 28.4. The molecule has 0 amide bonds. The maximum absolute atomic E-state index is 11.6. The number of esters is 1. The number of unbranched alkanes of at least 4 members (excludes halogenated alkanes) is 2. The lowest BCUT2D eigenvalue weighted by atomic mass is 10.3. The second-order valence-corrected chi connectivity index (χ2v) is 10.5. The fourth-order valence-corrected chi connectivity index (χ4v) is 2.07. The first-order chi connectivity index (χ1) is 9.26. The van der Waals surface area contributed by atoms with E-state index in [0.29, 0.717) is 25.4 Å². The second-order valence-electron chi connectivity index (χ2n) is 6.01. The molecule has 4 nitrogen and oxygen atoms in total. The first kappa shape index (κ1) is 19.3. The fourth-order valence-electron chi connectivity index (χ4n) is 1.38. The molecule has 0 bridgehead atoms. The van der Waals surface area contributed by atoms with E-state index in [0.717, 1.165) is 19.3 Å². The summed E-state index contributed by atoms with van der Waals surface area (Å²) in [6.45, 7) is 15.2. The third kappa shape index (κ3) is 11.2. The van der Waals surface area contributed by atoms with Crippen LogP contribution in [0.5, 0.6) is 0 Å². The topological polar surface area (TPSA) is 44.8 Å². The predicted octanol–water partition coefficient (Wildman–Crippen LogP) is 3.53. The highest BCUT2D eigenvalue weighted by Crippen LogP contribution is 2.07. The van der Waals surface area contributed by atoms with Gasteiger partial charge in [0.15, 0.2) is 8.32 Å². The second kappa shape index (κ2) is 10.1. The largest absolute Gasteiger partial charge is 0.454 e. The summed E-state index contributed by atoms with van der Waals surface area (Å²) in [6.07, 6.45) is 3.00. The van der Waals surface area contributed by atoms with Crippen LogP contribution in [0.25, 0.3) is 0 Å². The molecular formula is C15H30O4Si. The van der Waals surface area contributed by atoms with Crippen LogP contribution >= 0.6 is 0 Å². The Morgan fingerprint density at radius 3 is 2.35 bits per heavy atom. The number of carbonyl (C=O) groups excluding carboxylic acids is 1. The van der Waals surface area contributed by atoms with E-state index in [1.165, 1.54) is 0 Å². The lowest BCUT2D eigenvalue weighted by molar-refractivity contribution is -0.149. The maximum atomic E-state index is 11.6. The monoisotopic (exact) mass is 302 g/mol. The smallest absolute Gasteiger partial charge is 0.333 e. The van der Waals surface area contributed by atoms with Crippen LogP contribution in [-0.4, -0.2) is 40.2 Å². The Labute approximate surface area is 124 Å². The minimum absolute atomic E-state index is 0.354. The third-order valence-corrected chi connectivity index (χ3v) is 3.55. The quantitative estimate of drug-likeness (QED) is 0.253. The van der Waals surface area contributed by atoms with Gasteiger partial charge in [-0.2, -0.15) is 0 Å². The molecule has 0 aliphatic rings. The maximum Gasteiger partial charge on any atom is 0.333 e. The summed E-state index contributed by atoms with van der Waals surface area (Å²) in [4.78, 5) is 11.6. The van der Waals surface area contributed by atoms with Crippen LogP contribution in [0, 0.1) is 0 Å². The number of hydrogen-bond donors (Lipinski definition) is 0. The zero-order valence-electron chi connectivity index (χ0n) is 13.7. The summed E-state index contributed by atoms with van der Waals surface area (Å²) < 4.78 is 16.7. The summed E-state index contributed by atoms with van der Waals surface area (Å²) in [5.41, 5.74) is 0.397. The molecule has 20 heavy (non-hydrogen) atoms. The first-order valence-electron chi connectivity index (χ1n) is 7.34. The molecule has 0 N–H and O–H groups in total. The fraction of sp³-hybridized carbons (Fsp3) is 0.800. The van der Waals surface area contributed by atoms with E-state index >= 15 is 0 Å². The molecule has 0 aromatic carbocycles. The molecule has 0 saturated heterocycles. The van der Waals surface area contributed by atoms with Gasteiger partial charge in [0.2, 0.25) is 0 Å². The minimum Gasteiger partial charge on any atom is -0.454 e. The Morgan fingerprint density at radius 1 is 1.20 bits per heavy atom. The van der Waals surface area contributed by atoms with Crippen LogP contribution in [0.4, 0.5) is 0 Å². The van der Waals surface area contributed by atoms with Crippen molar-refractivity contribution >= 4 is 14.3 Å². The van der Waals surface area contributed by atoms with Crippen LogP contribution in [0.2, 0.25) is 19.6 Å². The van der Waals surface area contributed by atoms with Gasteiger partial charge < -0.3 is 13.9 Å². The van der Waals surface area contributed by atoms with E-state index in [-0.39, 0.29) is 12.1 Å². The zero-order valence-corrected chi connectivity index (χ0v) is 14.7. The Morgan fingerprint density at radius 2 is 1.85 bits per heavy atom. The van der Waals surface area contributed by atoms with Crippen molar-refractivity contribution in [1.82, 2.24) is 0 Å². The van der Waals surface area contributed by atoms with Crippen LogP contribution in [0.1, 0.15) is 33.1 Å². The van der Waals surface area contributed by atoms with E-state index in [1.54, 1.807) is 6.92 Å². The van der Waals surface area contributed by atoms with Gasteiger partial charge in [0.1, 0.15) is 6.10 Å². The minimum atomic E-state index is -1.63. The predicted molar refractivity (Wildman–Crippen MR) is 84.3 cm³/mol. The lowest BCUT2D eigenvalue weighted by Gasteiger charge is -2.23. The molecule has 0 aromatic rings. The van der Waals surface area contributed by atoms with Crippen molar-refractivity contribution < 1.29 is 18.7 Å². The third-order valence-electron chi connectivity index (χ3n) is 2.52. The zero-order chi connectivity index (χ0) is 15.6. The molecule has 0 heterocycles. The van der Waals surface area contributed by atoms with E-state index in [9.17, 15) is 4.79 Å². The molecule has 0 saturated carbocycles. The molecule has 0 fully saturated rings. The Hall–Kier alpha value is -0.653. The summed E-state index contributed by atoms with van der Waals surface area (Å²) in [5, 5.41) is 0. The SMILES string of the molecule is C=C(C)C(=O)OC(COCCCCC)CO[Si](C)(C)C. The van der Waals surface area contributed by atoms with Gasteiger partial charge in [-0.05, 0) is 33.0 Å².